The summed E-state index contributed by atoms with van der Waals surface area (Å²) < 4.78 is 13.5. The smallest absolute Gasteiger partial charge is 0.165 e. The molecule has 5 rings (SSSR count). The van der Waals surface area contributed by atoms with Crippen LogP contribution in [-0.4, -0.2) is 93.5 Å². The van der Waals surface area contributed by atoms with Crippen LogP contribution in [0.2, 0.25) is 0 Å². The first-order chi connectivity index (χ1) is 16.2. The van der Waals surface area contributed by atoms with Crippen LogP contribution < -0.4 is 4.90 Å². The lowest BCUT2D eigenvalue weighted by molar-refractivity contribution is 0.121. The zero-order valence-electron chi connectivity index (χ0n) is 19.5. The molecule has 5 heterocycles. The van der Waals surface area contributed by atoms with E-state index in [-0.39, 0.29) is 0 Å². The van der Waals surface area contributed by atoms with E-state index in [0.717, 1.165) is 106 Å². The highest BCUT2D eigenvalue weighted by atomic mass is 16.5. The summed E-state index contributed by atoms with van der Waals surface area (Å²) in [6.45, 7) is 12.3. The second-order valence-electron chi connectivity index (χ2n) is 8.92. The van der Waals surface area contributed by atoms with Gasteiger partial charge < -0.3 is 18.9 Å². The molecule has 0 aliphatic carbocycles. The van der Waals surface area contributed by atoms with E-state index in [2.05, 4.69) is 39.3 Å². The maximum Gasteiger partial charge on any atom is 0.165 e. The highest BCUT2D eigenvalue weighted by molar-refractivity contribution is 5.83. The van der Waals surface area contributed by atoms with Crippen molar-refractivity contribution in [1.82, 2.24) is 34.4 Å². The molecule has 0 aromatic carbocycles. The fraction of sp³-hybridized carbons (Fsp3) is 0.609. The summed E-state index contributed by atoms with van der Waals surface area (Å²) in [5.41, 5.74) is 3.80. The van der Waals surface area contributed by atoms with Crippen LogP contribution in [0.3, 0.4) is 0 Å². The van der Waals surface area contributed by atoms with Gasteiger partial charge in [0, 0.05) is 63.0 Å². The molecule has 2 saturated heterocycles. The fourth-order valence-electron chi connectivity index (χ4n) is 4.72. The molecule has 176 valence electrons. The molecular weight excluding hydrogens is 420 g/mol. The second kappa shape index (κ2) is 10.1. The van der Waals surface area contributed by atoms with Crippen molar-refractivity contribution in [3.63, 3.8) is 0 Å². The van der Waals surface area contributed by atoms with E-state index in [1.165, 1.54) is 0 Å². The molecule has 0 bridgehead atoms. The van der Waals surface area contributed by atoms with Crippen LogP contribution in [-0.2, 0) is 22.4 Å². The van der Waals surface area contributed by atoms with E-state index in [1.54, 1.807) is 6.33 Å². The number of nitrogens with zero attached hydrogens (tertiary/aromatic N) is 8. The summed E-state index contributed by atoms with van der Waals surface area (Å²) in [5.74, 6) is 2.19. The first-order valence-corrected chi connectivity index (χ1v) is 11.8. The summed E-state index contributed by atoms with van der Waals surface area (Å²) in [6, 6.07) is 2.02. The quantitative estimate of drug-likeness (QED) is 0.548. The first kappa shape index (κ1) is 22.1. The Morgan fingerprint density at radius 2 is 1.73 bits per heavy atom. The van der Waals surface area contributed by atoms with Gasteiger partial charge in [0.25, 0.3) is 0 Å². The van der Waals surface area contributed by atoms with E-state index < -0.39 is 0 Å². The minimum Gasteiger partial charge on any atom is -0.380 e. The van der Waals surface area contributed by atoms with Crippen LogP contribution >= 0.6 is 0 Å². The number of aryl methyl sites for hydroxylation is 2. The maximum absolute atomic E-state index is 5.91. The molecule has 0 spiro atoms. The van der Waals surface area contributed by atoms with E-state index in [1.807, 2.05) is 26.2 Å². The van der Waals surface area contributed by atoms with Gasteiger partial charge in [0.05, 0.1) is 32.8 Å². The van der Waals surface area contributed by atoms with Crippen molar-refractivity contribution in [2.45, 2.75) is 26.8 Å². The molecule has 10 heteroatoms. The molecule has 3 aromatic heterocycles. The molecule has 1 atom stereocenters. The number of imidazole rings is 1. The van der Waals surface area contributed by atoms with E-state index in [0.29, 0.717) is 5.92 Å². The Morgan fingerprint density at radius 1 is 0.939 bits per heavy atom. The average molecular weight is 453 g/mol. The lowest BCUT2D eigenvalue weighted by atomic mass is 10.1. The summed E-state index contributed by atoms with van der Waals surface area (Å²) in [7, 11) is 0. The zero-order chi connectivity index (χ0) is 22.6. The van der Waals surface area contributed by atoms with Crippen LogP contribution in [0, 0.1) is 19.8 Å². The maximum atomic E-state index is 5.91. The minimum atomic E-state index is 0.378. The Morgan fingerprint density at radius 3 is 2.55 bits per heavy atom. The number of hydrogen-bond donors (Lipinski definition) is 0. The number of ether oxygens (including phenoxy) is 2. The van der Waals surface area contributed by atoms with Gasteiger partial charge in [-0.15, -0.1) is 0 Å². The summed E-state index contributed by atoms with van der Waals surface area (Å²) in [6.07, 6.45) is 4.37. The predicted octanol–water partition coefficient (Wildman–Crippen LogP) is 1.26. The number of rotatable bonds is 6. The summed E-state index contributed by atoms with van der Waals surface area (Å²) in [5, 5.41) is 0. The van der Waals surface area contributed by atoms with Crippen molar-refractivity contribution in [3.8, 4) is 0 Å². The SMILES string of the molecule is Cc1cc(C)nc(CC2COCCN(CCn3cnc4c(N5CCOCC5)ncnc43)C2)n1. The molecule has 0 radical (unpaired) electrons. The van der Waals surface area contributed by atoms with Gasteiger partial charge >= 0.3 is 0 Å². The number of fused-ring (bicyclic) bond motifs is 1. The lowest BCUT2D eigenvalue weighted by Gasteiger charge is -2.27. The Hall–Kier alpha value is -2.69. The Kier molecular flexibility index (Phi) is 6.75. The molecule has 0 N–H and O–H groups in total. The van der Waals surface area contributed by atoms with Gasteiger partial charge in [-0.2, -0.15) is 0 Å². The molecule has 2 fully saturated rings. The predicted molar refractivity (Wildman–Crippen MR) is 124 cm³/mol. The summed E-state index contributed by atoms with van der Waals surface area (Å²) >= 11 is 0. The second-order valence-corrected chi connectivity index (χ2v) is 8.92. The largest absolute Gasteiger partial charge is 0.380 e. The van der Waals surface area contributed by atoms with Crippen molar-refractivity contribution in [1.29, 1.82) is 0 Å². The van der Waals surface area contributed by atoms with Crippen molar-refractivity contribution in [2.24, 2.45) is 5.92 Å². The van der Waals surface area contributed by atoms with Crippen LogP contribution in [0.15, 0.2) is 18.7 Å². The highest BCUT2D eigenvalue weighted by Gasteiger charge is 2.22. The molecule has 33 heavy (non-hydrogen) atoms. The minimum absolute atomic E-state index is 0.378. The van der Waals surface area contributed by atoms with Crippen LogP contribution in [0.25, 0.3) is 11.2 Å². The molecular formula is C23H32N8O2. The summed E-state index contributed by atoms with van der Waals surface area (Å²) in [4.78, 5) is 27.7. The van der Waals surface area contributed by atoms with Crippen molar-refractivity contribution < 1.29 is 9.47 Å². The van der Waals surface area contributed by atoms with Gasteiger partial charge in [0.15, 0.2) is 17.0 Å². The molecule has 3 aromatic rings. The van der Waals surface area contributed by atoms with Crippen LogP contribution in [0.5, 0.6) is 0 Å². The topological polar surface area (TPSA) is 94.3 Å². The van der Waals surface area contributed by atoms with Gasteiger partial charge in [0.1, 0.15) is 12.2 Å². The van der Waals surface area contributed by atoms with Gasteiger partial charge in [-0.3, -0.25) is 4.90 Å². The molecule has 10 nitrogen and oxygen atoms in total. The molecule has 2 aliphatic heterocycles. The Bertz CT molecular complexity index is 1060. The first-order valence-electron chi connectivity index (χ1n) is 11.8. The van der Waals surface area contributed by atoms with Crippen molar-refractivity contribution >= 4 is 17.0 Å². The van der Waals surface area contributed by atoms with E-state index in [9.17, 15) is 0 Å². The molecule has 2 aliphatic rings. The third-order valence-corrected chi connectivity index (χ3v) is 6.27. The van der Waals surface area contributed by atoms with Gasteiger partial charge in [0.2, 0.25) is 0 Å². The molecule has 0 saturated carbocycles. The number of anilines is 1. The average Bonchev–Trinajstić information content (AvgIpc) is 3.10. The van der Waals surface area contributed by atoms with Gasteiger partial charge in [-0.05, 0) is 19.9 Å². The highest BCUT2D eigenvalue weighted by Crippen LogP contribution is 2.22. The fourth-order valence-corrected chi connectivity index (χ4v) is 4.72. The van der Waals surface area contributed by atoms with E-state index in [4.69, 9.17) is 9.47 Å². The standard InChI is InChI=1S/C23H32N8O2/c1-17-11-18(2)28-20(27-17)12-19-13-29(5-8-33-14-19)3-4-31-16-26-21-22(24-15-25-23(21)31)30-6-9-32-10-7-30/h11,15-16,19H,3-10,12-14H2,1-2H3. The van der Waals surface area contributed by atoms with Crippen molar-refractivity contribution in [3.05, 3.63) is 35.9 Å². The lowest BCUT2D eigenvalue weighted by Crippen LogP contribution is -2.37. The zero-order valence-corrected chi connectivity index (χ0v) is 19.5. The molecule has 1 unspecified atom stereocenters. The van der Waals surface area contributed by atoms with Gasteiger partial charge in [-0.1, -0.05) is 0 Å². The Balaban J connectivity index is 1.24. The number of morpholine rings is 1. The number of aromatic nitrogens is 6. The van der Waals surface area contributed by atoms with Gasteiger partial charge in [-0.25, -0.2) is 24.9 Å². The third kappa shape index (κ3) is 5.29. The normalized spacial score (nSPS) is 20.3. The van der Waals surface area contributed by atoms with E-state index >= 15 is 0 Å². The third-order valence-electron chi connectivity index (χ3n) is 6.27. The number of hydrogen-bond acceptors (Lipinski definition) is 9. The van der Waals surface area contributed by atoms with Crippen molar-refractivity contribution in [2.75, 3.05) is 64.1 Å². The van der Waals surface area contributed by atoms with Crippen LogP contribution in [0.4, 0.5) is 5.82 Å². The monoisotopic (exact) mass is 452 g/mol. The van der Waals surface area contributed by atoms with Crippen LogP contribution in [0.1, 0.15) is 17.2 Å². The Labute approximate surface area is 194 Å². The molecule has 0 amide bonds.